The largest absolute Gasteiger partial charge is 0.468 e. The molecule has 0 spiro atoms. The van der Waals surface area contributed by atoms with Gasteiger partial charge in [0.25, 0.3) is 0 Å². The summed E-state index contributed by atoms with van der Waals surface area (Å²) in [5, 5.41) is 0. The quantitative estimate of drug-likeness (QED) is 0.679. The van der Waals surface area contributed by atoms with Crippen LogP contribution >= 0.6 is 7.60 Å². The normalized spacial score (nSPS) is 13.3. The summed E-state index contributed by atoms with van der Waals surface area (Å²) in [6, 6.07) is 11.4. The van der Waals surface area contributed by atoms with E-state index in [1.165, 1.54) is 0 Å². The van der Waals surface area contributed by atoms with Crippen molar-refractivity contribution in [1.82, 2.24) is 0 Å². The molecule has 1 atom stereocenters. The summed E-state index contributed by atoms with van der Waals surface area (Å²) in [5.41, 5.74) is 1.45. The summed E-state index contributed by atoms with van der Waals surface area (Å²) in [6.45, 7) is 6.26. The number of hydrogen-bond donors (Lipinski definition) is 0. The maximum Gasteiger partial charge on any atom is 0.345 e. The van der Waals surface area contributed by atoms with Crippen LogP contribution in [0.2, 0.25) is 0 Å². The Kier molecular flexibility index (Phi) is 5.40. The highest BCUT2D eigenvalue weighted by Gasteiger charge is 2.40. The highest BCUT2D eigenvalue weighted by Crippen LogP contribution is 2.63. The lowest BCUT2D eigenvalue weighted by Gasteiger charge is -2.25. The van der Waals surface area contributed by atoms with Crippen LogP contribution in [-0.4, -0.2) is 13.2 Å². The second-order valence-corrected chi connectivity index (χ2v) is 6.82. The number of aryl methyl sites for hydroxylation is 1. The molecule has 1 aromatic heterocycles. The van der Waals surface area contributed by atoms with Crippen LogP contribution in [0.25, 0.3) is 0 Å². The third kappa shape index (κ3) is 3.65. The molecular formula is C16H21O4P. The summed E-state index contributed by atoms with van der Waals surface area (Å²) in [7, 11) is -3.35. The molecule has 0 saturated carbocycles. The molecule has 0 aliphatic carbocycles. The minimum Gasteiger partial charge on any atom is -0.468 e. The second-order valence-electron chi connectivity index (χ2n) is 4.70. The molecule has 2 rings (SSSR count). The van der Waals surface area contributed by atoms with Crippen LogP contribution in [0.4, 0.5) is 0 Å². The van der Waals surface area contributed by atoms with Gasteiger partial charge in [-0.3, -0.25) is 4.57 Å². The Morgan fingerprint density at radius 3 is 2.19 bits per heavy atom. The Morgan fingerprint density at radius 1 is 1.10 bits per heavy atom. The average molecular weight is 308 g/mol. The molecule has 0 amide bonds. The fourth-order valence-corrected chi connectivity index (χ4v) is 4.33. The zero-order valence-electron chi connectivity index (χ0n) is 12.6. The molecule has 0 saturated heterocycles. The lowest BCUT2D eigenvalue weighted by atomic mass is 10.1. The maximum atomic E-state index is 13.2. The predicted molar refractivity (Wildman–Crippen MR) is 82.6 cm³/mol. The Morgan fingerprint density at radius 2 is 1.71 bits per heavy atom. The first kappa shape index (κ1) is 16.0. The van der Waals surface area contributed by atoms with E-state index in [2.05, 4.69) is 0 Å². The maximum absolute atomic E-state index is 13.2. The van der Waals surface area contributed by atoms with E-state index in [1.54, 1.807) is 32.2 Å². The van der Waals surface area contributed by atoms with Crippen molar-refractivity contribution < 1.29 is 18.0 Å². The van der Waals surface area contributed by atoms with Crippen LogP contribution in [-0.2, 0) is 13.6 Å². The van der Waals surface area contributed by atoms with Gasteiger partial charge >= 0.3 is 7.60 Å². The van der Waals surface area contributed by atoms with Crippen molar-refractivity contribution in [1.29, 1.82) is 0 Å². The van der Waals surface area contributed by atoms with Crippen molar-refractivity contribution in [2.75, 3.05) is 13.2 Å². The summed E-state index contributed by atoms with van der Waals surface area (Å²) < 4.78 is 29.7. The Balaban J connectivity index is 2.50. The van der Waals surface area contributed by atoms with Crippen LogP contribution in [0.3, 0.4) is 0 Å². The summed E-state index contributed by atoms with van der Waals surface area (Å²) in [5.74, 6) is 0.587. The van der Waals surface area contributed by atoms with E-state index in [9.17, 15) is 4.57 Å². The molecule has 0 bridgehead atoms. The van der Waals surface area contributed by atoms with Crippen molar-refractivity contribution in [3.63, 3.8) is 0 Å². The molecule has 1 unspecified atom stereocenters. The topological polar surface area (TPSA) is 48.7 Å². The molecule has 1 aromatic carbocycles. The van der Waals surface area contributed by atoms with Gasteiger partial charge in [0.2, 0.25) is 0 Å². The van der Waals surface area contributed by atoms with Gasteiger partial charge in [0.1, 0.15) is 11.4 Å². The van der Waals surface area contributed by atoms with E-state index >= 15 is 0 Å². The first-order valence-corrected chi connectivity index (χ1v) is 8.70. The van der Waals surface area contributed by atoms with Crippen molar-refractivity contribution in [2.24, 2.45) is 0 Å². The average Bonchev–Trinajstić information content (AvgIpc) is 2.95. The van der Waals surface area contributed by atoms with Gasteiger partial charge in [-0.1, -0.05) is 29.8 Å². The minimum atomic E-state index is -3.35. The molecule has 5 heteroatoms. The van der Waals surface area contributed by atoms with Crippen molar-refractivity contribution in [3.8, 4) is 0 Å². The van der Waals surface area contributed by atoms with Crippen LogP contribution < -0.4 is 0 Å². The van der Waals surface area contributed by atoms with Crippen molar-refractivity contribution in [3.05, 3.63) is 59.5 Å². The number of rotatable bonds is 7. The van der Waals surface area contributed by atoms with Crippen LogP contribution in [0.15, 0.2) is 47.1 Å². The van der Waals surface area contributed by atoms with E-state index in [0.717, 1.165) is 11.1 Å². The Bertz CT molecular complexity index is 579. The monoisotopic (exact) mass is 308 g/mol. The predicted octanol–water partition coefficient (Wildman–Crippen LogP) is 4.94. The smallest absolute Gasteiger partial charge is 0.345 e. The van der Waals surface area contributed by atoms with Gasteiger partial charge in [-0.15, -0.1) is 0 Å². The fourth-order valence-electron chi connectivity index (χ4n) is 2.24. The van der Waals surface area contributed by atoms with E-state index in [0.29, 0.717) is 19.0 Å². The number of furan rings is 1. The van der Waals surface area contributed by atoms with Gasteiger partial charge in [-0.05, 0) is 38.5 Å². The molecule has 0 aliphatic rings. The highest BCUT2D eigenvalue weighted by atomic mass is 31.2. The van der Waals surface area contributed by atoms with Crippen molar-refractivity contribution in [2.45, 2.75) is 26.4 Å². The van der Waals surface area contributed by atoms with Gasteiger partial charge in [-0.2, -0.15) is 0 Å². The lowest BCUT2D eigenvalue weighted by molar-refractivity contribution is 0.212. The van der Waals surface area contributed by atoms with Crippen molar-refractivity contribution >= 4 is 7.60 Å². The molecule has 0 N–H and O–H groups in total. The van der Waals surface area contributed by atoms with Gasteiger partial charge < -0.3 is 13.5 Å². The number of benzene rings is 1. The van der Waals surface area contributed by atoms with E-state index in [1.807, 2.05) is 31.2 Å². The molecular weight excluding hydrogens is 287 g/mol. The summed E-state index contributed by atoms with van der Waals surface area (Å²) in [6.07, 6.45) is 1.57. The van der Waals surface area contributed by atoms with E-state index in [4.69, 9.17) is 13.5 Å². The van der Waals surface area contributed by atoms with Crippen LogP contribution in [0, 0.1) is 6.92 Å². The van der Waals surface area contributed by atoms with Crippen LogP contribution in [0.5, 0.6) is 0 Å². The van der Waals surface area contributed by atoms with Gasteiger partial charge in [0.15, 0.2) is 0 Å². The molecule has 0 fully saturated rings. The molecule has 0 radical (unpaired) electrons. The molecule has 0 aliphatic heterocycles. The molecule has 114 valence electrons. The molecule has 2 aromatic rings. The van der Waals surface area contributed by atoms with Gasteiger partial charge in [0, 0.05) is 0 Å². The zero-order chi connectivity index (χ0) is 15.3. The first-order valence-electron chi connectivity index (χ1n) is 7.09. The second kappa shape index (κ2) is 7.08. The third-order valence-electron chi connectivity index (χ3n) is 3.14. The van der Waals surface area contributed by atoms with Gasteiger partial charge in [-0.25, -0.2) is 0 Å². The van der Waals surface area contributed by atoms with Crippen LogP contribution in [0.1, 0.15) is 36.4 Å². The SMILES string of the molecule is CCOP(=O)(OCC)C(c1ccc(C)cc1)c1ccco1. The third-order valence-corrected chi connectivity index (χ3v) is 5.56. The summed E-state index contributed by atoms with van der Waals surface area (Å²) >= 11 is 0. The molecule has 1 heterocycles. The summed E-state index contributed by atoms with van der Waals surface area (Å²) in [4.78, 5) is 0. The standard InChI is InChI=1S/C16H21O4P/c1-4-19-21(17,20-5-2)16(15-7-6-12-18-15)14-10-8-13(3)9-11-14/h6-12,16H,4-5H2,1-3H3. The minimum absolute atomic E-state index is 0.320. The van der Waals surface area contributed by atoms with E-state index < -0.39 is 13.3 Å². The van der Waals surface area contributed by atoms with Gasteiger partial charge in [0.05, 0.1) is 19.5 Å². The molecule has 4 nitrogen and oxygen atoms in total. The fraction of sp³-hybridized carbons (Fsp3) is 0.375. The Hall–Kier alpha value is -1.35. The number of hydrogen-bond acceptors (Lipinski definition) is 4. The Labute approximate surface area is 125 Å². The zero-order valence-corrected chi connectivity index (χ0v) is 13.5. The first-order chi connectivity index (χ1) is 10.1. The lowest BCUT2D eigenvalue weighted by Crippen LogP contribution is -2.08. The van der Waals surface area contributed by atoms with E-state index in [-0.39, 0.29) is 0 Å². The highest BCUT2D eigenvalue weighted by molar-refractivity contribution is 7.54. The molecule has 21 heavy (non-hydrogen) atoms.